The van der Waals surface area contributed by atoms with Crippen LogP contribution in [0.4, 0.5) is 5.82 Å². The molecule has 0 saturated carbocycles. The van der Waals surface area contributed by atoms with Gasteiger partial charge in [-0.25, -0.2) is 0 Å². The highest BCUT2D eigenvalue weighted by atomic mass is 35.5. The number of nitrogens with one attached hydrogen (secondary N) is 1. The molecule has 2 rings (SSSR count). The summed E-state index contributed by atoms with van der Waals surface area (Å²) in [4.78, 5) is 8.60. The number of nitrogens with zero attached hydrogens (tertiary/aromatic N) is 3. The van der Waals surface area contributed by atoms with Crippen LogP contribution in [-0.2, 0) is 0 Å². The second-order valence-electron chi connectivity index (χ2n) is 3.12. The van der Waals surface area contributed by atoms with E-state index >= 15 is 0 Å². The van der Waals surface area contributed by atoms with Crippen LogP contribution in [-0.4, -0.2) is 22.1 Å². The van der Waals surface area contributed by atoms with Gasteiger partial charge in [0.05, 0.1) is 10.6 Å². The van der Waals surface area contributed by atoms with E-state index in [0.29, 0.717) is 5.82 Å². The molecular weight excluding hydrogens is 274 g/mol. The summed E-state index contributed by atoms with van der Waals surface area (Å²) in [6, 6.07) is 5.70. The van der Waals surface area contributed by atoms with Crippen molar-refractivity contribution in [3.05, 3.63) is 23.6 Å². The summed E-state index contributed by atoms with van der Waals surface area (Å²) in [5.74, 6) is 0.255. The molecule has 0 saturated heterocycles. The van der Waals surface area contributed by atoms with Crippen molar-refractivity contribution < 1.29 is 0 Å². The summed E-state index contributed by atoms with van der Waals surface area (Å²) < 4.78 is 0. The maximum atomic E-state index is 5.49. The van der Waals surface area contributed by atoms with Crippen LogP contribution in [0.2, 0.25) is 0 Å². The lowest BCUT2D eigenvalue weighted by atomic mass is 10.3. The van der Waals surface area contributed by atoms with Crippen molar-refractivity contribution in [2.75, 3.05) is 0 Å². The fraction of sp³-hybridized carbons (Fsp3) is 0. The number of H-pyrrole nitrogens is 1. The molecule has 0 fully saturated rings. The molecule has 0 aromatic carbocycles. The second kappa shape index (κ2) is 6.03. The summed E-state index contributed by atoms with van der Waals surface area (Å²) in [7, 11) is 0. The van der Waals surface area contributed by atoms with Gasteiger partial charge in [0.2, 0.25) is 5.96 Å². The lowest BCUT2D eigenvalue weighted by Crippen LogP contribution is -2.26. The Hall–Kier alpha value is -2.06. The Morgan fingerprint density at radius 2 is 2.11 bits per heavy atom. The molecule has 7 nitrogen and oxygen atoms in total. The molecule has 9 heteroatoms. The molecular formula is C9H12ClN7S. The van der Waals surface area contributed by atoms with Gasteiger partial charge in [0.15, 0.2) is 11.8 Å². The van der Waals surface area contributed by atoms with Crippen LogP contribution in [0.25, 0.3) is 10.6 Å². The normalized spacial score (nSPS) is 10.8. The number of hydrogen-bond acceptors (Lipinski definition) is 3. The molecule has 0 atom stereocenters. The zero-order valence-corrected chi connectivity index (χ0v) is 10.8. The number of thiophene rings is 1. The molecule has 7 N–H and O–H groups in total. The van der Waals surface area contributed by atoms with Gasteiger partial charge in [-0.2, -0.15) is 15.1 Å². The summed E-state index contributed by atoms with van der Waals surface area (Å²) in [6.07, 6.45) is 0. The molecule has 96 valence electrons. The van der Waals surface area contributed by atoms with Crippen molar-refractivity contribution in [3.63, 3.8) is 0 Å². The number of aromatic nitrogens is 2. The number of aromatic amines is 1. The van der Waals surface area contributed by atoms with Gasteiger partial charge >= 0.3 is 0 Å². The molecule has 0 unspecified atom stereocenters. The minimum absolute atomic E-state index is 0. The number of rotatable bonds is 2. The molecule has 2 heterocycles. The van der Waals surface area contributed by atoms with Gasteiger partial charge in [0.1, 0.15) is 0 Å². The predicted molar refractivity (Wildman–Crippen MR) is 76.2 cm³/mol. The van der Waals surface area contributed by atoms with Gasteiger partial charge in [0.25, 0.3) is 0 Å². The van der Waals surface area contributed by atoms with Gasteiger partial charge in [-0.1, -0.05) is 6.07 Å². The molecule has 18 heavy (non-hydrogen) atoms. The fourth-order valence-electron chi connectivity index (χ4n) is 1.20. The Bertz CT molecular complexity index is 553. The topological polar surface area (TPSA) is 131 Å². The Balaban J connectivity index is 0.00000162. The van der Waals surface area contributed by atoms with Gasteiger partial charge in [-0.3, -0.25) is 5.10 Å². The number of nitrogens with two attached hydrogens (primary N) is 3. The van der Waals surface area contributed by atoms with Crippen molar-refractivity contribution in [2.45, 2.75) is 0 Å². The van der Waals surface area contributed by atoms with Crippen molar-refractivity contribution >= 4 is 41.5 Å². The van der Waals surface area contributed by atoms with Gasteiger partial charge in [-0.05, 0) is 11.4 Å². The maximum absolute atomic E-state index is 5.49. The fourth-order valence-corrected chi connectivity index (χ4v) is 1.89. The minimum Gasteiger partial charge on any atom is -0.370 e. The molecule has 0 aliphatic heterocycles. The zero-order chi connectivity index (χ0) is 12.3. The Kier molecular flexibility index (Phi) is 4.69. The van der Waals surface area contributed by atoms with Gasteiger partial charge in [0, 0.05) is 6.07 Å². The van der Waals surface area contributed by atoms with Gasteiger partial charge in [-0.15, -0.1) is 23.7 Å². The van der Waals surface area contributed by atoms with E-state index in [1.165, 1.54) is 0 Å². The molecule has 0 aliphatic rings. The van der Waals surface area contributed by atoms with E-state index in [9.17, 15) is 0 Å². The first-order chi connectivity index (χ1) is 8.15. The van der Waals surface area contributed by atoms with Crippen molar-refractivity contribution in [3.8, 4) is 10.6 Å². The van der Waals surface area contributed by atoms with E-state index in [1.807, 2.05) is 17.5 Å². The van der Waals surface area contributed by atoms with Crippen molar-refractivity contribution in [1.82, 2.24) is 10.2 Å². The van der Waals surface area contributed by atoms with Crippen LogP contribution < -0.4 is 17.2 Å². The van der Waals surface area contributed by atoms with E-state index in [1.54, 1.807) is 17.4 Å². The monoisotopic (exact) mass is 285 g/mol. The number of aliphatic imine (C=N–C) groups is 2. The van der Waals surface area contributed by atoms with E-state index in [4.69, 9.17) is 17.2 Å². The lowest BCUT2D eigenvalue weighted by Gasteiger charge is -1.90. The third-order valence-corrected chi connectivity index (χ3v) is 2.73. The number of halogens is 1. The first-order valence-corrected chi connectivity index (χ1v) is 5.56. The van der Waals surface area contributed by atoms with Crippen molar-refractivity contribution in [1.29, 1.82) is 0 Å². The summed E-state index contributed by atoms with van der Waals surface area (Å²) >= 11 is 1.60. The van der Waals surface area contributed by atoms with Crippen LogP contribution in [0.1, 0.15) is 0 Å². The quantitative estimate of drug-likeness (QED) is 0.479. The number of hydrogen-bond donors (Lipinski definition) is 4. The largest absolute Gasteiger partial charge is 0.370 e. The van der Waals surface area contributed by atoms with Gasteiger partial charge < -0.3 is 17.2 Å². The third kappa shape index (κ3) is 3.47. The van der Waals surface area contributed by atoms with E-state index < -0.39 is 0 Å². The smallest absolute Gasteiger partial charge is 0.225 e. The molecule has 0 radical (unpaired) electrons. The lowest BCUT2D eigenvalue weighted by molar-refractivity contribution is 1.09. The highest BCUT2D eigenvalue weighted by Gasteiger charge is 2.03. The zero-order valence-electron chi connectivity index (χ0n) is 9.20. The molecule has 0 amide bonds. The SMILES string of the molecule is Cl.NC(N)=NC(N)=Nc1cc(-c2cccs2)[nH]n1. The summed E-state index contributed by atoms with van der Waals surface area (Å²) in [6.45, 7) is 0. The standard InChI is InChI=1S/C9H11N7S.ClH/c10-8(11)14-9(12)13-7-4-5(15-16-7)6-2-1-3-17-6;/h1-4H,(H7,10,11,12,13,14,15,16);1H. The van der Waals surface area contributed by atoms with Crippen LogP contribution in [0.15, 0.2) is 33.6 Å². The highest BCUT2D eigenvalue weighted by molar-refractivity contribution is 7.13. The Morgan fingerprint density at radius 3 is 2.72 bits per heavy atom. The van der Waals surface area contributed by atoms with E-state index in [2.05, 4.69) is 20.2 Å². The first kappa shape index (κ1) is 14.0. The average Bonchev–Trinajstić information content (AvgIpc) is 2.84. The van der Waals surface area contributed by atoms with E-state index in [-0.39, 0.29) is 24.3 Å². The Morgan fingerprint density at radius 1 is 1.33 bits per heavy atom. The summed E-state index contributed by atoms with van der Waals surface area (Å²) in [5, 5.41) is 8.82. The van der Waals surface area contributed by atoms with Crippen molar-refractivity contribution in [2.24, 2.45) is 27.2 Å². The average molecular weight is 286 g/mol. The predicted octanol–water partition coefficient (Wildman–Crippen LogP) is 0.780. The number of guanidine groups is 2. The third-order valence-electron chi connectivity index (χ3n) is 1.82. The summed E-state index contributed by atoms with van der Waals surface area (Å²) in [5.41, 5.74) is 16.7. The molecule has 0 bridgehead atoms. The minimum atomic E-state index is -0.139. The van der Waals surface area contributed by atoms with E-state index in [0.717, 1.165) is 10.6 Å². The molecule has 0 spiro atoms. The molecule has 0 aliphatic carbocycles. The maximum Gasteiger partial charge on any atom is 0.225 e. The molecule has 2 aromatic heterocycles. The first-order valence-electron chi connectivity index (χ1n) is 4.68. The molecule has 2 aromatic rings. The second-order valence-corrected chi connectivity index (χ2v) is 4.07. The van der Waals surface area contributed by atoms with Crippen LogP contribution in [0.3, 0.4) is 0 Å². The highest BCUT2D eigenvalue weighted by Crippen LogP contribution is 2.25. The van der Waals surface area contributed by atoms with Crippen LogP contribution in [0.5, 0.6) is 0 Å². The van der Waals surface area contributed by atoms with Crippen LogP contribution in [0, 0.1) is 0 Å². The van der Waals surface area contributed by atoms with Crippen LogP contribution >= 0.6 is 23.7 Å². The Labute approximate surface area is 113 Å².